The molecule has 0 radical (unpaired) electrons. The fraction of sp³-hybridized carbons (Fsp3) is 0.407. The first-order chi connectivity index (χ1) is 16.8. The van der Waals surface area contributed by atoms with E-state index in [1.807, 2.05) is 13.0 Å². The molecule has 4 nitrogen and oxygen atoms in total. The Morgan fingerprint density at radius 2 is 1.83 bits per heavy atom. The topological polar surface area (TPSA) is 42.3 Å². The van der Waals surface area contributed by atoms with E-state index in [0.29, 0.717) is 52.1 Å². The number of rotatable bonds is 4. The number of likely N-dealkylation sites (tertiary alicyclic amines) is 1. The second-order valence-electron chi connectivity index (χ2n) is 9.72. The summed E-state index contributed by atoms with van der Waals surface area (Å²) in [6, 6.07) is 7.33. The highest BCUT2D eigenvalue weighted by Crippen LogP contribution is 2.36. The Morgan fingerprint density at radius 3 is 2.44 bits per heavy atom. The molecule has 1 aliphatic rings. The minimum atomic E-state index is -4.44. The molecule has 9 heteroatoms. The van der Waals surface area contributed by atoms with Crippen LogP contribution in [0.1, 0.15) is 53.0 Å². The lowest BCUT2D eigenvalue weighted by Gasteiger charge is -2.36. The minimum absolute atomic E-state index is 0.0476. The third-order valence-corrected chi connectivity index (χ3v) is 8.07. The Bertz CT molecular complexity index is 1360. The molecular weight excluding hydrogens is 512 g/mol. The van der Waals surface area contributed by atoms with Gasteiger partial charge in [-0.3, -0.25) is 9.59 Å². The van der Waals surface area contributed by atoms with Crippen LogP contribution < -0.4 is 0 Å². The molecule has 0 aliphatic carbocycles. The summed E-state index contributed by atoms with van der Waals surface area (Å²) in [5.74, 6) is -0.104. The number of carbonyl (C=O) groups is 2. The van der Waals surface area contributed by atoms with Crippen molar-refractivity contribution in [1.29, 1.82) is 0 Å². The summed E-state index contributed by atoms with van der Waals surface area (Å²) in [6.45, 7) is 6.12. The number of Topliss-reactive ketones (excluding diaryl/α,β-unsaturated/α-hetero) is 1. The van der Waals surface area contributed by atoms with E-state index in [4.69, 9.17) is 23.2 Å². The Hall–Kier alpha value is -2.51. The third-order valence-electron chi connectivity index (χ3n) is 7.28. The largest absolute Gasteiger partial charge is 0.416 e. The normalized spacial score (nSPS) is 18.6. The van der Waals surface area contributed by atoms with E-state index in [1.165, 1.54) is 0 Å². The molecule has 0 saturated carbocycles. The van der Waals surface area contributed by atoms with Gasteiger partial charge in [0.1, 0.15) is 5.78 Å². The van der Waals surface area contributed by atoms with Crippen molar-refractivity contribution in [1.82, 2.24) is 9.47 Å². The van der Waals surface area contributed by atoms with E-state index in [9.17, 15) is 22.8 Å². The van der Waals surface area contributed by atoms with Crippen molar-refractivity contribution in [3.63, 3.8) is 0 Å². The third kappa shape index (κ3) is 4.88. The van der Waals surface area contributed by atoms with Gasteiger partial charge in [-0.25, -0.2) is 0 Å². The minimum Gasteiger partial charge on any atom is -0.347 e. The number of halogens is 5. The Labute approximate surface area is 218 Å². The molecule has 0 spiro atoms. The lowest BCUT2D eigenvalue weighted by atomic mass is 9.84. The smallest absolute Gasteiger partial charge is 0.347 e. The predicted molar refractivity (Wildman–Crippen MR) is 136 cm³/mol. The number of nitrogens with zero attached hydrogens (tertiary/aromatic N) is 2. The van der Waals surface area contributed by atoms with Crippen molar-refractivity contribution in [2.45, 2.75) is 39.8 Å². The number of amides is 1. The number of aromatic nitrogens is 1. The van der Waals surface area contributed by atoms with E-state index >= 15 is 0 Å². The standard InChI is InChI=1S/C27H27Cl2F3N2O2/c1-14-9-17(27(30,31)32)10-24-21(14)11-18(33(24)4)12-22-23(28)6-5-20(25(22)29)26(36)34-8-7-19(16(3)35)15(2)13-34/h5-6,9-11,15,19H,7-8,12-13H2,1-4H3/t15-,19+/m1/s1. The highest BCUT2D eigenvalue weighted by molar-refractivity contribution is 6.38. The molecule has 2 aromatic carbocycles. The van der Waals surface area contributed by atoms with Crippen molar-refractivity contribution >= 4 is 45.8 Å². The van der Waals surface area contributed by atoms with Crippen LogP contribution in [0.2, 0.25) is 10.0 Å². The van der Waals surface area contributed by atoms with Crippen LogP contribution in [0.4, 0.5) is 13.2 Å². The van der Waals surface area contributed by atoms with Gasteiger partial charge in [0.2, 0.25) is 0 Å². The van der Waals surface area contributed by atoms with Gasteiger partial charge in [-0.05, 0) is 67.6 Å². The number of hydrogen-bond acceptors (Lipinski definition) is 2. The SMILES string of the molecule is CC(=O)[C@H]1CCN(C(=O)c2ccc(Cl)c(Cc3cc4c(C)cc(C(F)(F)F)cc4n3C)c2Cl)C[C@H]1C. The molecular formula is C27H27Cl2F3N2O2. The average molecular weight is 539 g/mol. The molecule has 1 saturated heterocycles. The maximum atomic E-state index is 13.3. The molecule has 1 amide bonds. The highest BCUT2D eigenvalue weighted by atomic mass is 35.5. The molecule has 3 aromatic rings. The van der Waals surface area contributed by atoms with Gasteiger partial charge in [0, 0.05) is 54.1 Å². The number of piperidine rings is 1. The van der Waals surface area contributed by atoms with Crippen LogP contribution in [-0.2, 0) is 24.4 Å². The zero-order valence-electron chi connectivity index (χ0n) is 20.5. The maximum Gasteiger partial charge on any atom is 0.416 e. The summed E-state index contributed by atoms with van der Waals surface area (Å²) >= 11 is 13.2. The van der Waals surface area contributed by atoms with Crippen molar-refractivity contribution in [3.05, 3.63) is 68.3 Å². The number of ketones is 1. The first kappa shape index (κ1) is 26.6. The van der Waals surface area contributed by atoms with Crippen LogP contribution >= 0.6 is 23.2 Å². The zero-order valence-corrected chi connectivity index (χ0v) is 22.0. The molecule has 2 atom stereocenters. The average Bonchev–Trinajstić information content (AvgIpc) is 3.11. The molecule has 0 N–H and O–H groups in total. The summed E-state index contributed by atoms with van der Waals surface area (Å²) in [5, 5.41) is 1.31. The summed E-state index contributed by atoms with van der Waals surface area (Å²) < 4.78 is 41.7. The fourth-order valence-electron chi connectivity index (χ4n) is 5.21. The molecule has 0 unspecified atom stereocenters. The number of alkyl halides is 3. The van der Waals surface area contributed by atoms with E-state index < -0.39 is 11.7 Å². The summed E-state index contributed by atoms with van der Waals surface area (Å²) in [6.07, 6.45) is -3.59. The maximum absolute atomic E-state index is 13.3. The van der Waals surface area contributed by atoms with Crippen LogP contribution in [0.5, 0.6) is 0 Å². The number of benzene rings is 2. The molecule has 1 aromatic heterocycles. The van der Waals surface area contributed by atoms with Gasteiger partial charge in [0.15, 0.2) is 0 Å². The van der Waals surface area contributed by atoms with E-state index in [2.05, 4.69) is 0 Å². The second-order valence-corrected chi connectivity index (χ2v) is 10.5. The lowest BCUT2D eigenvalue weighted by Crippen LogP contribution is -2.44. The number of hydrogen-bond donors (Lipinski definition) is 0. The molecule has 0 bridgehead atoms. The van der Waals surface area contributed by atoms with Gasteiger partial charge >= 0.3 is 6.18 Å². The Kier molecular flexibility index (Phi) is 7.19. The van der Waals surface area contributed by atoms with Crippen LogP contribution in [0.3, 0.4) is 0 Å². The first-order valence-corrected chi connectivity index (χ1v) is 12.5. The van der Waals surface area contributed by atoms with Gasteiger partial charge in [-0.2, -0.15) is 13.2 Å². The van der Waals surface area contributed by atoms with Gasteiger partial charge in [0.25, 0.3) is 5.91 Å². The van der Waals surface area contributed by atoms with E-state index in [-0.39, 0.29) is 35.0 Å². The van der Waals surface area contributed by atoms with Crippen molar-refractivity contribution in [3.8, 4) is 0 Å². The van der Waals surface area contributed by atoms with Crippen molar-refractivity contribution < 1.29 is 22.8 Å². The fourth-order valence-corrected chi connectivity index (χ4v) is 5.79. The number of aryl methyl sites for hydroxylation is 2. The zero-order chi connectivity index (χ0) is 26.5. The molecule has 4 rings (SSSR count). The number of carbonyl (C=O) groups excluding carboxylic acids is 2. The lowest BCUT2D eigenvalue weighted by molar-refractivity contribution is -0.137. The van der Waals surface area contributed by atoms with Crippen LogP contribution in [0.15, 0.2) is 30.3 Å². The molecule has 1 fully saturated rings. The molecule has 192 valence electrons. The Balaban J connectivity index is 1.67. The van der Waals surface area contributed by atoms with Crippen molar-refractivity contribution in [2.75, 3.05) is 13.1 Å². The number of fused-ring (bicyclic) bond motifs is 1. The molecule has 36 heavy (non-hydrogen) atoms. The predicted octanol–water partition coefficient (Wildman–Crippen LogP) is 7.09. The van der Waals surface area contributed by atoms with E-state index in [0.717, 1.165) is 17.8 Å². The summed E-state index contributed by atoms with van der Waals surface area (Å²) in [5.41, 5.74) is 1.85. The summed E-state index contributed by atoms with van der Waals surface area (Å²) in [7, 11) is 1.70. The first-order valence-electron chi connectivity index (χ1n) is 11.7. The van der Waals surface area contributed by atoms with Gasteiger partial charge in [-0.1, -0.05) is 30.1 Å². The van der Waals surface area contributed by atoms with Gasteiger partial charge in [0.05, 0.1) is 16.1 Å². The van der Waals surface area contributed by atoms with Crippen LogP contribution in [0, 0.1) is 18.8 Å². The quantitative estimate of drug-likeness (QED) is 0.355. The summed E-state index contributed by atoms with van der Waals surface area (Å²) in [4.78, 5) is 26.9. The Morgan fingerprint density at radius 1 is 1.14 bits per heavy atom. The molecule has 1 aliphatic heterocycles. The second kappa shape index (κ2) is 9.75. The monoisotopic (exact) mass is 538 g/mol. The van der Waals surface area contributed by atoms with Crippen LogP contribution in [-0.4, -0.2) is 34.2 Å². The van der Waals surface area contributed by atoms with Crippen molar-refractivity contribution in [2.24, 2.45) is 18.9 Å². The van der Waals surface area contributed by atoms with Gasteiger partial charge in [-0.15, -0.1) is 0 Å². The molecule has 2 heterocycles. The van der Waals surface area contributed by atoms with Crippen LogP contribution in [0.25, 0.3) is 10.9 Å². The highest BCUT2D eigenvalue weighted by Gasteiger charge is 2.33. The van der Waals surface area contributed by atoms with E-state index in [1.54, 1.807) is 42.5 Å². The van der Waals surface area contributed by atoms with Gasteiger partial charge < -0.3 is 9.47 Å².